The zero-order valence-corrected chi connectivity index (χ0v) is 22.3. The second-order valence-electron chi connectivity index (χ2n) is 9.58. The number of unbranched alkanes of at least 4 members (excludes halogenated alkanes) is 1. The lowest BCUT2D eigenvalue weighted by atomic mass is 9.96. The largest absolute Gasteiger partial charge is 0.494 e. The number of sulfonamides is 1. The molecule has 12 heteroatoms. The highest BCUT2D eigenvalue weighted by Crippen LogP contribution is 2.28. The number of rotatable bonds is 9. The minimum atomic E-state index is -3.82. The third-order valence-corrected chi connectivity index (χ3v) is 9.32. The number of nitrogens with one attached hydrogen (secondary N) is 1. The van der Waals surface area contributed by atoms with Crippen LogP contribution in [-0.4, -0.2) is 90.8 Å². The molecule has 2 fully saturated rings. The van der Waals surface area contributed by atoms with Gasteiger partial charge in [0.05, 0.1) is 17.8 Å². The zero-order valence-electron chi connectivity index (χ0n) is 21.5. The van der Waals surface area contributed by atoms with Crippen LogP contribution in [0.5, 0.6) is 5.75 Å². The van der Waals surface area contributed by atoms with Crippen molar-refractivity contribution >= 4 is 27.5 Å². The van der Waals surface area contributed by atoms with E-state index in [1.54, 1.807) is 23.7 Å². The van der Waals surface area contributed by atoms with E-state index >= 15 is 0 Å². The van der Waals surface area contributed by atoms with Crippen LogP contribution in [0.2, 0.25) is 0 Å². The summed E-state index contributed by atoms with van der Waals surface area (Å²) in [6.07, 6.45) is 3.57. The average Bonchev–Trinajstić information content (AvgIpc) is 2.97. The molecule has 0 bridgehead atoms. The van der Waals surface area contributed by atoms with Gasteiger partial charge in [-0.05, 0) is 49.2 Å². The normalized spacial score (nSPS) is 20.7. The Bertz CT molecular complexity index is 1190. The Morgan fingerprint density at radius 3 is 2.45 bits per heavy atom. The fourth-order valence-corrected chi connectivity index (χ4v) is 6.80. The van der Waals surface area contributed by atoms with E-state index in [0.717, 1.165) is 24.3 Å². The van der Waals surface area contributed by atoms with Gasteiger partial charge in [-0.3, -0.25) is 19.8 Å². The highest BCUT2D eigenvalue weighted by Gasteiger charge is 2.43. The van der Waals surface area contributed by atoms with Crippen LogP contribution in [0.1, 0.15) is 36.7 Å². The molecule has 2 amide bonds. The molecule has 3 heterocycles. The van der Waals surface area contributed by atoms with Crippen molar-refractivity contribution in [2.45, 2.75) is 31.4 Å². The van der Waals surface area contributed by atoms with E-state index < -0.39 is 33.0 Å². The van der Waals surface area contributed by atoms with Gasteiger partial charge in [0.1, 0.15) is 11.4 Å². The lowest BCUT2D eigenvalue weighted by Crippen LogP contribution is -2.57. The number of pyridine rings is 1. The van der Waals surface area contributed by atoms with Gasteiger partial charge in [0.15, 0.2) is 0 Å². The zero-order chi connectivity index (χ0) is 27.1. The number of aromatic nitrogens is 1. The highest BCUT2D eigenvalue weighted by atomic mass is 32.2. The number of hydroxylamine groups is 1. The summed E-state index contributed by atoms with van der Waals surface area (Å²) in [4.78, 5) is 32.9. The summed E-state index contributed by atoms with van der Waals surface area (Å²) in [6.45, 7) is 4.35. The van der Waals surface area contributed by atoms with Gasteiger partial charge >= 0.3 is 0 Å². The van der Waals surface area contributed by atoms with Gasteiger partial charge in [-0.1, -0.05) is 19.4 Å². The first kappa shape index (κ1) is 27.8. The second-order valence-corrected chi connectivity index (χ2v) is 11.8. The first-order valence-electron chi connectivity index (χ1n) is 12.9. The highest BCUT2D eigenvalue weighted by molar-refractivity contribution is 7.89. The monoisotopic (exact) mass is 545 g/mol. The quantitative estimate of drug-likeness (QED) is 0.277. The van der Waals surface area contributed by atoms with Crippen molar-refractivity contribution in [2.24, 2.45) is 5.92 Å². The van der Waals surface area contributed by atoms with E-state index in [1.807, 2.05) is 24.3 Å². The fraction of sp³-hybridized carbons (Fsp3) is 0.500. The fourth-order valence-electron chi connectivity index (χ4n) is 4.87. The maximum atomic E-state index is 13.7. The lowest BCUT2D eigenvalue weighted by molar-refractivity contribution is -0.134. The molecule has 38 heavy (non-hydrogen) atoms. The van der Waals surface area contributed by atoms with Crippen LogP contribution in [0.4, 0.5) is 5.69 Å². The van der Waals surface area contributed by atoms with E-state index in [-0.39, 0.29) is 25.2 Å². The Kier molecular flexibility index (Phi) is 9.18. The van der Waals surface area contributed by atoms with Gasteiger partial charge in [0.25, 0.3) is 5.91 Å². The van der Waals surface area contributed by atoms with Crippen LogP contribution < -0.4 is 15.1 Å². The summed E-state index contributed by atoms with van der Waals surface area (Å²) in [5.41, 5.74) is 2.78. The van der Waals surface area contributed by atoms with Gasteiger partial charge in [-0.2, -0.15) is 4.31 Å². The van der Waals surface area contributed by atoms with E-state index in [9.17, 15) is 23.2 Å². The van der Waals surface area contributed by atoms with E-state index in [1.165, 1.54) is 15.4 Å². The summed E-state index contributed by atoms with van der Waals surface area (Å²) in [6, 6.07) is 12.7. The molecule has 1 aromatic heterocycles. The number of likely N-dealkylation sites (tertiary alicyclic amines) is 1. The average molecular weight is 546 g/mol. The van der Waals surface area contributed by atoms with Crippen LogP contribution in [0.25, 0.3) is 0 Å². The number of carbonyl (C=O) groups excluding carboxylic acids is 2. The number of amides is 2. The molecule has 4 rings (SSSR count). The molecule has 1 aromatic carbocycles. The summed E-state index contributed by atoms with van der Waals surface area (Å²) in [5, 5.41) is 8.21. The molecular weight excluding hydrogens is 510 g/mol. The lowest BCUT2D eigenvalue weighted by Gasteiger charge is -2.41. The van der Waals surface area contributed by atoms with Crippen molar-refractivity contribution in [3.63, 3.8) is 0 Å². The van der Waals surface area contributed by atoms with Crippen LogP contribution >= 0.6 is 0 Å². The summed E-state index contributed by atoms with van der Waals surface area (Å²) < 4.78 is 34.5. The Morgan fingerprint density at radius 2 is 1.82 bits per heavy atom. The van der Waals surface area contributed by atoms with Gasteiger partial charge in [0.2, 0.25) is 15.9 Å². The second kappa shape index (κ2) is 12.5. The Balaban J connectivity index is 1.42. The van der Waals surface area contributed by atoms with Gasteiger partial charge in [-0.15, -0.1) is 0 Å². The molecule has 206 valence electrons. The van der Waals surface area contributed by atoms with Crippen LogP contribution in [-0.2, 0) is 14.8 Å². The van der Waals surface area contributed by atoms with Crippen LogP contribution in [0, 0.1) is 5.92 Å². The first-order valence-corrected chi connectivity index (χ1v) is 14.4. The van der Waals surface area contributed by atoms with Crippen molar-refractivity contribution in [3.05, 3.63) is 54.4 Å². The van der Waals surface area contributed by atoms with Crippen molar-refractivity contribution in [1.82, 2.24) is 19.7 Å². The van der Waals surface area contributed by atoms with Gasteiger partial charge in [-0.25, -0.2) is 13.9 Å². The number of piperidine rings is 1. The van der Waals surface area contributed by atoms with E-state index in [4.69, 9.17) is 4.74 Å². The molecule has 0 aliphatic carbocycles. The Labute approximate surface area is 223 Å². The molecule has 2 aliphatic heterocycles. The maximum Gasteiger partial charge on any atom is 0.272 e. The molecule has 2 unspecified atom stereocenters. The molecule has 2 aromatic rings. The molecule has 2 saturated heterocycles. The van der Waals surface area contributed by atoms with Crippen LogP contribution in [0.15, 0.2) is 48.7 Å². The third kappa shape index (κ3) is 6.43. The van der Waals surface area contributed by atoms with Crippen molar-refractivity contribution in [1.29, 1.82) is 0 Å². The molecular formula is C26H35N5O6S. The number of piperazine rings is 1. The number of hydrogen-bond acceptors (Lipinski definition) is 8. The van der Waals surface area contributed by atoms with Crippen molar-refractivity contribution in [3.8, 4) is 5.75 Å². The predicted octanol–water partition coefficient (Wildman–Crippen LogP) is 1.75. The number of anilines is 1. The van der Waals surface area contributed by atoms with E-state index in [0.29, 0.717) is 32.8 Å². The molecule has 2 atom stereocenters. The van der Waals surface area contributed by atoms with Gasteiger partial charge < -0.3 is 14.5 Å². The number of hydrogen-bond donors (Lipinski definition) is 2. The van der Waals surface area contributed by atoms with Crippen molar-refractivity contribution < 1.29 is 28.0 Å². The SMILES string of the molecule is CCCCOc1ccc(N2CCN(S(=O)(=O)C3CC(C(=O)NO)CN(C(=O)c4ccccn4)C3)CC2)cc1. The summed E-state index contributed by atoms with van der Waals surface area (Å²) in [5.74, 6) is -1.21. The number of benzene rings is 1. The minimum Gasteiger partial charge on any atom is -0.494 e. The molecule has 0 spiro atoms. The van der Waals surface area contributed by atoms with E-state index in [2.05, 4.69) is 16.8 Å². The third-order valence-electron chi connectivity index (χ3n) is 7.05. The summed E-state index contributed by atoms with van der Waals surface area (Å²) in [7, 11) is -3.82. The molecule has 0 radical (unpaired) electrons. The van der Waals surface area contributed by atoms with Crippen LogP contribution in [0.3, 0.4) is 0 Å². The first-order chi connectivity index (χ1) is 18.3. The molecule has 11 nitrogen and oxygen atoms in total. The Morgan fingerprint density at radius 1 is 1.08 bits per heavy atom. The minimum absolute atomic E-state index is 0.000245. The smallest absolute Gasteiger partial charge is 0.272 e. The molecule has 2 N–H and O–H groups in total. The topological polar surface area (TPSA) is 132 Å². The van der Waals surface area contributed by atoms with Crippen molar-refractivity contribution in [2.75, 3.05) is 50.8 Å². The maximum absolute atomic E-state index is 13.7. The molecule has 2 aliphatic rings. The number of ether oxygens (including phenoxy) is 1. The number of carbonyl (C=O) groups is 2. The summed E-state index contributed by atoms with van der Waals surface area (Å²) >= 11 is 0. The molecule has 0 saturated carbocycles. The predicted molar refractivity (Wildman–Crippen MR) is 142 cm³/mol. The number of nitrogens with zero attached hydrogens (tertiary/aromatic N) is 4. The van der Waals surface area contributed by atoms with Gasteiger partial charge in [0, 0.05) is 51.2 Å². The standard InChI is InChI=1S/C26H35N5O6S/c1-2-3-16-37-22-9-7-21(8-10-22)29-12-14-31(15-13-29)38(35,36)23-17-20(25(32)28-34)18-30(19-23)26(33)24-6-4-5-11-27-24/h4-11,20,23,34H,2-3,12-19H2,1H3,(H,28,32). The Hall–Kier alpha value is -3.22.